The number of nitrogens with one attached hydrogen (secondary N) is 1. The van der Waals surface area contributed by atoms with Gasteiger partial charge in [-0.05, 0) is 12.1 Å². The number of ether oxygens (including phenoxy) is 2. The van der Waals surface area contributed by atoms with Gasteiger partial charge in [0.2, 0.25) is 5.91 Å². The topological polar surface area (TPSA) is 81.7 Å². The fourth-order valence-electron chi connectivity index (χ4n) is 1.41. The van der Waals surface area contributed by atoms with Gasteiger partial charge in [0.25, 0.3) is 0 Å². The Labute approximate surface area is 110 Å². The number of amides is 1. The lowest BCUT2D eigenvalue weighted by Gasteiger charge is -2.09. The molecule has 0 aliphatic heterocycles. The quantitative estimate of drug-likeness (QED) is 0.813. The number of hydrogen-bond donors (Lipinski definition) is 1. The number of para-hydroxylation sites is 1. The fraction of sp³-hybridized carbons (Fsp3) is 0.308. The summed E-state index contributed by atoms with van der Waals surface area (Å²) in [4.78, 5) is 34.0. The summed E-state index contributed by atoms with van der Waals surface area (Å²) in [7, 11) is 2.52. The first-order valence-electron chi connectivity index (χ1n) is 5.62. The van der Waals surface area contributed by atoms with Crippen molar-refractivity contribution in [2.75, 3.05) is 19.5 Å². The first kappa shape index (κ1) is 14.7. The maximum Gasteiger partial charge on any atom is 0.339 e. The van der Waals surface area contributed by atoms with Gasteiger partial charge >= 0.3 is 11.9 Å². The molecule has 0 saturated carbocycles. The van der Waals surface area contributed by atoms with Crippen LogP contribution >= 0.6 is 0 Å². The molecular weight excluding hydrogens is 250 g/mol. The number of hydrogen-bond acceptors (Lipinski definition) is 5. The standard InChI is InChI=1S/C13H15NO5/c1-18-12(16)8-7-11(15)14-10-6-4-3-5-9(10)13(17)19-2/h3-6H,7-8H2,1-2H3,(H,14,15). The fourth-order valence-corrected chi connectivity index (χ4v) is 1.41. The van der Waals surface area contributed by atoms with E-state index >= 15 is 0 Å². The van der Waals surface area contributed by atoms with Gasteiger partial charge < -0.3 is 14.8 Å². The Morgan fingerprint density at radius 3 is 2.37 bits per heavy atom. The molecular formula is C13H15NO5. The van der Waals surface area contributed by atoms with Crippen LogP contribution in [-0.4, -0.2) is 32.1 Å². The molecule has 1 rings (SSSR count). The van der Waals surface area contributed by atoms with Crippen molar-refractivity contribution in [3.8, 4) is 0 Å². The van der Waals surface area contributed by atoms with Gasteiger partial charge in [-0.2, -0.15) is 0 Å². The molecule has 0 radical (unpaired) electrons. The summed E-state index contributed by atoms with van der Waals surface area (Å²) in [5.74, 6) is -1.37. The van der Waals surface area contributed by atoms with Crippen molar-refractivity contribution in [3.05, 3.63) is 29.8 Å². The zero-order chi connectivity index (χ0) is 14.3. The summed E-state index contributed by atoms with van der Waals surface area (Å²) in [5, 5.41) is 2.56. The predicted octanol–water partition coefficient (Wildman–Crippen LogP) is 1.36. The second-order valence-electron chi connectivity index (χ2n) is 3.66. The smallest absolute Gasteiger partial charge is 0.339 e. The minimum Gasteiger partial charge on any atom is -0.469 e. The molecule has 0 fully saturated rings. The number of carbonyl (C=O) groups is 3. The second-order valence-corrected chi connectivity index (χ2v) is 3.66. The number of rotatable bonds is 5. The Morgan fingerprint density at radius 2 is 1.74 bits per heavy atom. The average molecular weight is 265 g/mol. The zero-order valence-corrected chi connectivity index (χ0v) is 10.8. The molecule has 102 valence electrons. The van der Waals surface area contributed by atoms with E-state index in [1.165, 1.54) is 14.2 Å². The lowest BCUT2D eigenvalue weighted by molar-refractivity contribution is -0.141. The number of carbonyl (C=O) groups excluding carboxylic acids is 3. The SMILES string of the molecule is COC(=O)CCC(=O)Nc1ccccc1C(=O)OC. The molecule has 0 atom stereocenters. The third kappa shape index (κ3) is 4.42. The van der Waals surface area contributed by atoms with Crippen LogP contribution in [0.1, 0.15) is 23.2 Å². The van der Waals surface area contributed by atoms with Crippen molar-refractivity contribution >= 4 is 23.5 Å². The number of methoxy groups -OCH3 is 2. The van der Waals surface area contributed by atoms with Crippen LogP contribution in [0.25, 0.3) is 0 Å². The number of anilines is 1. The van der Waals surface area contributed by atoms with Gasteiger partial charge in [0.05, 0.1) is 31.9 Å². The van der Waals surface area contributed by atoms with Crippen LogP contribution in [0.4, 0.5) is 5.69 Å². The lowest BCUT2D eigenvalue weighted by Crippen LogP contribution is -2.16. The van der Waals surface area contributed by atoms with Gasteiger partial charge in [0.15, 0.2) is 0 Å². The minimum absolute atomic E-state index is 0.0112. The van der Waals surface area contributed by atoms with Crippen LogP contribution in [0, 0.1) is 0 Å². The van der Waals surface area contributed by atoms with Crippen molar-refractivity contribution < 1.29 is 23.9 Å². The van der Waals surface area contributed by atoms with Gasteiger partial charge in [0, 0.05) is 6.42 Å². The molecule has 0 aliphatic rings. The normalized spacial score (nSPS) is 9.58. The Hall–Kier alpha value is -2.37. The summed E-state index contributed by atoms with van der Waals surface area (Å²) in [6, 6.07) is 6.47. The Bertz CT molecular complexity index is 484. The molecule has 1 amide bonds. The summed E-state index contributed by atoms with van der Waals surface area (Å²) in [5.41, 5.74) is 0.612. The molecule has 0 spiro atoms. The Morgan fingerprint density at radius 1 is 1.05 bits per heavy atom. The molecule has 0 saturated heterocycles. The van der Waals surface area contributed by atoms with E-state index in [9.17, 15) is 14.4 Å². The van der Waals surface area contributed by atoms with Crippen molar-refractivity contribution in [2.24, 2.45) is 0 Å². The van der Waals surface area contributed by atoms with E-state index < -0.39 is 11.9 Å². The van der Waals surface area contributed by atoms with Gasteiger partial charge in [-0.15, -0.1) is 0 Å². The molecule has 6 nitrogen and oxygen atoms in total. The van der Waals surface area contributed by atoms with Crippen molar-refractivity contribution in [3.63, 3.8) is 0 Å². The summed E-state index contributed by atoms with van der Waals surface area (Å²) in [6.07, 6.45) is -0.0229. The van der Waals surface area contributed by atoms with Crippen LogP contribution in [0.3, 0.4) is 0 Å². The Balaban J connectivity index is 2.69. The van der Waals surface area contributed by atoms with E-state index in [0.717, 1.165) is 0 Å². The molecule has 1 N–H and O–H groups in total. The highest BCUT2D eigenvalue weighted by atomic mass is 16.5. The minimum atomic E-state index is -0.538. The van der Waals surface area contributed by atoms with E-state index in [0.29, 0.717) is 5.69 Å². The van der Waals surface area contributed by atoms with Crippen molar-refractivity contribution in [1.82, 2.24) is 0 Å². The second kappa shape index (κ2) is 7.15. The van der Waals surface area contributed by atoms with E-state index in [-0.39, 0.29) is 24.3 Å². The van der Waals surface area contributed by atoms with Crippen LogP contribution in [0.15, 0.2) is 24.3 Å². The molecule has 1 aromatic carbocycles. The van der Waals surface area contributed by atoms with Crippen LogP contribution < -0.4 is 5.32 Å². The molecule has 0 heterocycles. The first-order valence-corrected chi connectivity index (χ1v) is 5.62. The molecule has 0 bridgehead atoms. The van der Waals surface area contributed by atoms with E-state index in [1.807, 2.05) is 0 Å². The van der Waals surface area contributed by atoms with Crippen molar-refractivity contribution in [2.45, 2.75) is 12.8 Å². The highest BCUT2D eigenvalue weighted by Gasteiger charge is 2.13. The molecule has 0 unspecified atom stereocenters. The van der Waals surface area contributed by atoms with Crippen LogP contribution in [0.2, 0.25) is 0 Å². The molecule has 1 aromatic rings. The largest absolute Gasteiger partial charge is 0.469 e. The van der Waals surface area contributed by atoms with Gasteiger partial charge in [-0.25, -0.2) is 4.79 Å². The third-order valence-corrected chi connectivity index (χ3v) is 2.39. The summed E-state index contributed by atoms with van der Waals surface area (Å²) in [6.45, 7) is 0. The van der Waals surface area contributed by atoms with E-state index in [2.05, 4.69) is 14.8 Å². The molecule has 6 heteroatoms. The zero-order valence-electron chi connectivity index (χ0n) is 10.8. The number of esters is 2. The van der Waals surface area contributed by atoms with Crippen molar-refractivity contribution in [1.29, 1.82) is 0 Å². The molecule has 0 aromatic heterocycles. The van der Waals surface area contributed by atoms with Crippen LogP contribution in [0.5, 0.6) is 0 Å². The average Bonchev–Trinajstić information content (AvgIpc) is 2.44. The first-order chi connectivity index (χ1) is 9.08. The summed E-state index contributed by atoms with van der Waals surface area (Å²) >= 11 is 0. The third-order valence-electron chi connectivity index (χ3n) is 2.39. The van der Waals surface area contributed by atoms with E-state index in [4.69, 9.17) is 0 Å². The van der Waals surface area contributed by atoms with Gasteiger partial charge in [-0.1, -0.05) is 12.1 Å². The summed E-state index contributed by atoms with van der Waals surface area (Å²) < 4.78 is 9.05. The van der Waals surface area contributed by atoms with Crippen LogP contribution in [-0.2, 0) is 19.1 Å². The highest BCUT2D eigenvalue weighted by Crippen LogP contribution is 2.16. The monoisotopic (exact) mass is 265 g/mol. The lowest BCUT2D eigenvalue weighted by atomic mass is 10.1. The maximum atomic E-state index is 11.6. The molecule has 19 heavy (non-hydrogen) atoms. The highest BCUT2D eigenvalue weighted by molar-refractivity contribution is 6.01. The Kier molecular flexibility index (Phi) is 5.53. The van der Waals surface area contributed by atoms with Gasteiger partial charge in [0.1, 0.15) is 0 Å². The van der Waals surface area contributed by atoms with Gasteiger partial charge in [-0.3, -0.25) is 9.59 Å². The maximum absolute atomic E-state index is 11.6. The predicted molar refractivity (Wildman–Crippen MR) is 67.7 cm³/mol. The molecule has 0 aliphatic carbocycles. The van der Waals surface area contributed by atoms with E-state index in [1.54, 1.807) is 24.3 Å². The number of benzene rings is 1.